The Morgan fingerprint density at radius 3 is 1.73 bits per heavy atom. The molecular weight excluding hydrogens is 428 g/mol. The molecule has 10 heteroatoms. The van der Waals surface area contributed by atoms with Crippen molar-refractivity contribution in [2.45, 2.75) is 9.79 Å². The molecule has 0 aliphatic carbocycles. The molecule has 1 N–H and O–H groups in total. The minimum atomic E-state index is -4.07. The molecule has 0 aromatic heterocycles. The fourth-order valence-corrected chi connectivity index (χ4v) is 4.61. The maximum absolute atomic E-state index is 12.7. The first kappa shape index (κ1) is 21.5. The van der Waals surface area contributed by atoms with Crippen molar-refractivity contribution >= 4 is 31.4 Å². The van der Waals surface area contributed by atoms with Gasteiger partial charge in [0.25, 0.3) is 10.0 Å². The Kier molecular flexibility index (Phi) is 6.18. The quantitative estimate of drug-likeness (QED) is 0.560. The average molecular weight is 448 g/mol. The van der Waals surface area contributed by atoms with Crippen molar-refractivity contribution in [1.29, 1.82) is 0 Å². The van der Waals surface area contributed by atoms with Gasteiger partial charge in [0.2, 0.25) is 0 Å². The van der Waals surface area contributed by atoms with E-state index in [0.29, 0.717) is 11.5 Å². The Labute approximate surface area is 175 Å². The molecule has 0 atom stereocenters. The first-order chi connectivity index (χ1) is 14.2. The second-order valence-electron chi connectivity index (χ2n) is 6.04. The highest BCUT2D eigenvalue weighted by Crippen LogP contribution is 2.35. The topological polar surface area (TPSA) is 113 Å². The number of sulfonamides is 2. The maximum atomic E-state index is 12.7. The summed E-state index contributed by atoms with van der Waals surface area (Å²) in [6.07, 6.45) is 0. The van der Waals surface area contributed by atoms with Crippen LogP contribution in [0, 0.1) is 0 Å². The van der Waals surface area contributed by atoms with E-state index in [2.05, 4.69) is 9.44 Å². The molecule has 0 bridgehead atoms. The summed E-state index contributed by atoms with van der Waals surface area (Å²) in [4.78, 5) is -0.0489. The summed E-state index contributed by atoms with van der Waals surface area (Å²) in [5.41, 5.74) is -0.00388. The lowest BCUT2D eigenvalue weighted by atomic mass is 10.3. The second-order valence-corrected chi connectivity index (χ2v) is 9.33. The Bertz CT molecular complexity index is 1120. The number of nitrogens with zero attached hydrogens (tertiary/aromatic N) is 1. The van der Waals surface area contributed by atoms with Gasteiger partial charge in [-0.2, -0.15) is 0 Å². The van der Waals surface area contributed by atoms with Crippen LogP contribution in [0.2, 0.25) is 0 Å². The van der Waals surface area contributed by atoms with Crippen LogP contribution in [0.5, 0.6) is 11.5 Å². The molecule has 0 heterocycles. The molecule has 0 amide bonds. The third-order valence-electron chi connectivity index (χ3n) is 4.09. The Morgan fingerprint density at radius 2 is 1.20 bits per heavy atom. The number of hydrogen-bond acceptors (Lipinski definition) is 6. The van der Waals surface area contributed by atoms with E-state index in [1.807, 2.05) is 0 Å². The van der Waals surface area contributed by atoms with Crippen LogP contribution >= 0.6 is 0 Å². The summed E-state index contributed by atoms with van der Waals surface area (Å²) in [7, 11) is -5.09. The molecule has 158 valence electrons. The first-order valence-corrected chi connectivity index (χ1v) is 11.6. The minimum absolute atomic E-state index is 0.00360. The zero-order valence-corrected chi connectivity index (χ0v) is 17.8. The van der Waals surface area contributed by atoms with Gasteiger partial charge >= 0.3 is 0 Å². The number of methoxy groups -OCH3 is 2. The Morgan fingerprint density at radius 1 is 0.700 bits per heavy atom. The zero-order chi connectivity index (χ0) is 21.8. The van der Waals surface area contributed by atoms with Crippen LogP contribution in [0.3, 0.4) is 0 Å². The lowest BCUT2D eigenvalue weighted by Crippen LogP contribution is -2.13. The Balaban J connectivity index is 1.88. The van der Waals surface area contributed by atoms with Gasteiger partial charge in [-0.05, 0) is 54.6 Å². The van der Waals surface area contributed by atoms with Gasteiger partial charge in [0, 0.05) is 5.69 Å². The molecule has 0 unspecified atom stereocenters. The van der Waals surface area contributed by atoms with Gasteiger partial charge in [0.05, 0.1) is 24.0 Å². The van der Waals surface area contributed by atoms with Crippen LogP contribution in [0.1, 0.15) is 0 Å². The van der Waals surface area contributed by atoms with Crippen molar-refractivity contribution in [3.63, 3.8) is 0 Å². The van der Waals surface area contributed by atoms with E-state index in [4.69, 9.17) is 9.47 Å². The van der Waals surface area contributed by atoms with Gasteiger partial charge in [-0.1, -0.05) is 18.2 Å². The average Bonchev–Trinajstić information content (AvgIpc) is 2.75. The highest BCUT2D eigenvalue weighted by Gasteiger charge is 2.15. The van der Waals surface area contributed by atoms with Crippen LogP contribution in [0.4, 0.5) is 11.4 Å². The zero-order valence-electron chi connectivity index (χ0n) is 16.1. The van der Waals surface area contributed by atoms with Gasteiger partial charge in [0.15, 0.2) is 0 Å². The summed E-state index contributed by atoms with van der Waals surface area (Å²) < 4.78 is 67.0. The standard InChI is InChI=1S/C20H19N2O6S2/c1-27-15-7-11-17(12-8-15)29(23,24)21-19-5-3-4-6-20(19)22-30(25,26)18-13-9-16(28-2)10-14-18/h3-14,21H,1-2H3/q-1. The normalized spacial score (nSPS) is 11.5. The molecular formula is C20H19N2O6S2-. The van der Waals surface area contributed by atoms with Crippen molar-refractivity contribution in [3.8, 4) is 11.5 Å². The van der Waals surface area contributed by atoms with Crippen LogP contribution in [-0.4, -0.2) is 31.1 Å². The molecule has 3 aromatic rings. The van der Waals surface area contributed by atoms with Gasteiger partial charge in [-0.25, -0.2) is 16.8 Å². The summed E-state index contributed by atoms with van der Waals surface area (Å²) in [5, 5.41) is 0. The second kappa shape index (κ2) is 8.64. The van der Waals surface area contributed by atoms with E-state index >= 15 is 0 Å². The first-order valence-electron chi connectivity index (χ1n) is 8.63. The fraction of sp³-hybridized carbons (Fsp3) is 0.100. The van der Waals surface area contributed by atoms with E-state index < -0.39 is 20.0 Å². The number of nitrogens with one attached hydrogen (secondary N) is 1. The predicted molar refractivity (Wildman–Crippen MR) is 113 cm³/mol. The molecule has 30 heavy (non-hydrogen) atoms. The SMILES string of the molecule is COc1ccc(S(=O)(=O)[N-]c2ccccc2NS(=O)(=O)c2ccc(OC)cc2)cc1. The van der Waals surface area contributed by atoms with Crippen molar-refractivity contribution < 1.29 is 26.3 Å². The summed E-state index contributed by atoms with van der Waals surface area (Å²) in [6, 6.07) is 17.5. The maximum Gasteiger partial charge on any atom is 0.261 e. The van der Waals surface area contributed by atoms with E-state index in [1.165, 1.54) is 74.9 Å². The van der Waals surface area contributed by atoms with Crippen LogP contribution in [0.15, 0.2) is 82.6 Å². The van der Waals surface area contributed by atoms with Crippen molar-refractivity contribution in [1.82, 2.24) is 0 Å². The van der Waals surface area contributed by atoms with Crippen LogP contribution < -0.4 is 14.2 Å². The van der Waals surface area contributed by atoms with E-state index in [9.17, 15) is 16.8 Å². The molecule has 0 spiro atoms. The monoisotopic (exact) mass is 447 g/mol. The minimum Gasteiger partial charge on any atom is -0.571 e. The molecule has 0 aliphatic heterocycles. The highest BCUT2D eigenvalue weighted by molar-refractivity contribution is 7.94. The van der Waals surface area contributed by atoms with Crippen molar-refractivity contribution in [3.05, 3.63) is 77.5 Å². The molecule has 3 rings (SSSR count). The fourth-order valence-electron chi connectivity index (χ4n) is 2.53. The third-order valence-corrected chi connectivity index (χ3v) is 6.78. The number of para-hydroxylation sites is 1. The summed E-state index contributed by atoms with van der Waals surface area (Å²) in [5.74, 6) is 1.01. The molecule has 8 nitrogen and oxygen atoms in total. The smallest absolute Gasteiger partial charge is 0.261 e. The molecule has 0 saturated heterocycles. The van der Waals surface area contributed by atoms with Crippen molar-refractivity contribution in [2.75, 3.05) is 18.9 Å². The lowest BCUT2D eigenvalue weighted by Gasteiger charge is -2.25. The summed E-state index contributed by atoms with van der Waals surface area (Å²) >= 11 is 0. The molecule has 0 saturated carbocycles. The van der Waals surface area contributed by atoms with Gasteiger partial charge in [-0.3, -0.25) is 4.72 Å². The van der Waals surface area contributed by atoms with E-state index in [1.54, 1.807) is 12.1 Å². The van der Waals surface area contributed by atoms with Gasteiger partial charge in [0.1, 0.15) is 21.5 Å². The number of ether oxygens (including phenoxy) is 2. The molecule has 0 radical (unpaired) electrons. The number of rotatable bonds is 8. The number of anilines is 1. The van der Waals surface area contributed by atoms with E-state index in [0.717, 1.165) is 0 Å². The molecule has 3 aromatic carbocycles. The Hall–Kier alpha value is -3.24. The predicted octanol–water partition coefficient (Wildman–Crippen LogP) is 3.90. The van der Waals surface area contributed by atoms with Crippen LogP contribution in [-0.2, 0) is 20.0 Å². The highest BCUT2D eigenvalue weighted by atomic mass is 32.2. The lowest BCUT2D eigenvalue weighted by molar-refractivity contribution is 0.414. The van der Waals surface area contributed by atoms with E-state index in [-0.39, 0.29) is 21.2 Å². The van der Waals surface area contributed by atoms with Gasteiger partial charge in [-0.15, -0.1) is 5.69 Å². The third kappa shape index (κ3) is 4.84. The molecule has 0 aliphatic rings. The van der Waals surface area contributed by atoms with Gasteiger partial charge < -0.3 is 14.2 Å². The van der Waals surface area contributed by atoms with Crippen molar-refractivity contribution in [2.24, 2.45) is 0 Å². The number of benzene rings is 3. The summed E-state index contributed by atoms with van der Waals surface area (Å²) in [6.45, 7) is 0. The largest absolute Gasteiger partial charge is 0.571 e. The molecule has 0 fully saturated rings. The number of hydrogen-bond donors (Lipinski definition) is 1. The van der Waals surface area contributed by atoms with Crippen LogP contribution in [0.25, 0.3) is 4.72 Å².